The van der Waals surface area contributed by atoms with Gasteiger partial charge < -0.3 is 9.72 Å². The minimum atomic E-state index is -0.0826. The highest BCUT2D eigenvalue weighted by Gasteiger charge is 2.07. The van der Waals surface area contributed by atoms with Crippen LogP contribution in [0.1, 0.15) is 5.56 Å². The van der Waals surface area contributed by atoms with Crippen LogP contribution >= 0.6 is 23.6 Å². The van der Waals surface area contributed by atoms with Gasteiger partial charge in [-0.1, -0.05) is 6.07 Å². The number of nitrogens with zero attached hydrogens (tertiary/aromatic N) is 2. The van der Waals surface area contributed by atoms with Crippen molar-refractivity contribution in [1.29, 1.82) is 0 Å². The van der Waals surface area contributed by atoms with Gasteiger partial charge in [0, 0.05) is 12.3 Å². The molecule has 3 heterocycles. The van der Waals surface area contributed by atoms with Crippen molar-refractivity contribution in [2.24, 2.45) is 0 Å². The summed E-state index contributed by atoms with van der Waals surface area (Å²) in [6, 6.07) is 5.43. The molecule has 7 heteroatoms. The SMILES string of the molecule is COc1ccc(Cn2c(=S)[nH]c3sccc3c2=O)cn1. The van der Waals surface area contributed by atoms with Gasteiger partial charge in [0.2, 0.25) is 5.88 Å². The maximum atomic E-state index is 12.4. The standard InChI is InChI=1S/C13H11N3O2S2/c1-18-10-3-2-8(6-14-10)7-16-12(17)9-4-5-20-11(9)15-13(16)19/h2-6H,7H2,1H3,(H,15,19). The van der Waals surface area contributed by atoms with Gasteiger partial charge in [0.25, 0.3) is 5.56 Å². The lowest BCUT2D eigenvalue weighted by Crippen LogP contribution is -2.22. The van der Waals surface area contributed by atoms with Crippen molar-refractivity contribution in [1.82, 2.24) is 14.5 Å². The molecule has 5 nitrogen and oxygen atoms in total. The molecule has 3 aromatic heterocycles. The highest BCUT2D eigenvalue weighted by atomic mass is 32.1. The molecule has 3 rings (SSSR count). The Morgan fingerprint density at radius 2 is 2.30 bits per heavy atom. The molecule has 0 atom stereocenters. The Bertz CT molecular complexity index is 862. The van der Waals surface area contributed by atoms with E-state index in [4.69, 9.17) is 17.0 Å². The van der Waals surface area contributed by atoms with Crippen molar-refractivity contribution in [3.63, 3.8) is 0 Å². The number of methoxy groups -OCH3 is 1. The van der Waals surface area contributed by atoms with E-state index in [9.17, 15) is 4.79 Å². The average Bonchev–Trinajstić information content (AvgIpc) is 2.92. The number of aromatic nitrogens is 3. The summed E-state index contributed by atoms with van der Waals surface area (Å²) in [7, 11) is 1.56. The van der Waals surface area contributed by atoms with E-state index in [1.807, 2.05) is 11.4 Å². The molecule has 20 heavy (non-hydrogen) atoms. The van der Waals surface area contributed by atoms with Gasteiger partial charge >= 0.3 is 0 Å². The smallest absolute Gasteiger partial charge is 0.263 e. The van der Waals surface area contributed by atoms with Crippen LogP contribution in [0.5, 0.6) is 5.88 Å². The molecule has 0 spiro atoms. The number of aromatic amines is 1. The molecule has 0 fully saturated rings. The molecule has 3 aromatic rings. The van der Waals surface area contributed by atoms with E-state index in [0.29, 0.717) is 22.6 Å². The highest BCUT2D eigenvalue weighted by molar-refractivity contribution is 7.71. The lowest BCUT2D eigenvalue weighted by atomic mass is 10.3. The molecule has 0 saturated heterocycles. The second-order valence-corrected chi connectivity index (χ2v) is 5.50. The molecule has 0 saturated carbocycles. The summed E-state index contributed by atoms with van der Waals surface area (Å²) < 4.78 is 6.96. The maximum Gasteiger partial charge on any atom is 0.263 e. The third-order valence-corrected chi connectivity index (χ3v) is 4.11. The molecule has 1 N–H and O–H groups in total. The van der Waals surface area contributed by atoms with Gasteiger partial charge in [0.05, 0.1) is 19.0 Å². The maximum absolute atomic E-state index is 12.4. The first kappa shape index (κ1) is 13.0. The monoisotopic (exact) mass is 305 g/mol. The molecule has 0 amide bonds. The minimum absolute atomic E-state index is 0.0826. The largest absolute Gasteiger partial charge is 0.481 e. The molecule has 102 valence electrons. The molecule has 0 bridgehead atoms. The zero-order valence-corrected chi connectivity index (χ0v) is 12.3. The number of fused-ring (bicyclic) bond motifs is 1. The Kier molecular flexibility index (Phi) is 3.37. The third-order valence-electron chi connectivity index (χ3n) is 2.95. The zero-order valence-electron chi connectivity index (χ0n) is 10.6. The van der Waals surface area contributed by atoms with Gasteiger partial charge in [0.15, 0.2) is 4.77 Å². The summed E-state index contributed by atoms with van der Waals surface area (Å²) in [5.41, 5.74) is 0.808. The van der Waals surface area contributed by atoms with Crippen LogP contribution < -0.4 is 10.3 Å². The van der Waals surface area contributed by atoms with E-state index >= 15 is 0 Å². The van der Waals surface area contributed by atoms with Gasteiger partial charge in [-0.2, -0.15) is 0 Å². The normalized spacial score (nSPS) is 10.8. The van der Waals surface area contributed by atoms with Crippen LogP contribution in [0.4, 0.5) is 0 Å². The first-order valence-corrected chi connectivity index (χ1v) is 7.17. The minimum Gasteiger partial charge on any atom is -0.481 e. The Morgan fingerprint density at radius 1 is 1.45 bits per heavy atom. The van der Waals surface area contributed by atoms with E-state index in [1.54, 1.807) is 25.4 Å². The predicted molar refractivity (Wildman–Crippen MR) is 81.2 cm³/mol. The summed E-state index contributed by atoms with van der Waals surface area (Å²) in [4.78, 5) is 20.4. The summed E-state index contributed by atoms with van der Waals surface area (Å²) >= 11 is 6.72. The summed E-state index contributed by atoms with van der Waals surface area (Å²) in [6.45, 7) is 0.386. The zero-order chi connectivity index (χ0) is 14.1. The van der Waals surface area contributed by atoms with Crippen LogP contribution in [0.15, 0.2) is 34.6 Å². The molecule has 0 radical (unpaired) electrons. The number of ether oxygens (including phenoxy) is 1. The van der Waals surface area contributed by atoms with E-state index in [2.05, 4.69) is 9.97 Å². The van der Waals surface area contributed by atoms with Gasteiger partial charge in [-0.15, -0.1) is 11.3 Å². The molecule has 0 aliphatic heterocycles. The van der Waals surface area contributed by atoms with E-state index in [0.717, 1.165) is 10.4 Å². The number of thiophene rings is 1. The Balaban J connectivity index is 2.05. The number of hydrogen-bond acceptors (Lipinski definition) is 5. The van der Waals surface area contributed by atoms with E-state index in [-0.39, 0.29) is 5.56 Å². The number of nitrogens with one attached hydrogen (secondary N) is 1. The van der Waals surface area contributed by atoms with Gasteiger partial charge in [-0.05, 0) is 29.2 Å². The van der Waals surface area contributed by atoms with E-state index < -0.39 is 0 Å². The van der Waals surface area contributed by atoms with Crippen molar-refractivity contribution < 1.29 is 4.74 Å². The second-order valence-electron chi connectivity index (χ2n) is 4.19. The fourth-order valence-corrected chi connectivity index (χ4v) is 3.02. The predicted octanol–water partition coefficient (Wildman–Crippen LogP) is 2.57. The number of hydrogen-bond donors (Lipinski definition) is 1. The molecular weight excluding hydrogens is 294 g/mol. The van der Waals surface area contributed by atoms with Crippen LogP contribution in [0.25, 0.3) is 10.2 Å². The van der Waals surface area contributed by atoms with Gasteiger partial charge in [0.1, 0.15) is 4.83 Å². The van der Waals surface area contributed by atoms with Crippen molar-refractivity contribution in [3.8, 4) is 5.88 Å². The fourth-order valence-electron chi connectivity index (χ4n) is 1.93. The second kappa shape index (κ2) is 5.18. The summed E-state index contributed by atoms with van der Waals surface area (Å²) in [5, 5.41) is 2.53. The fraction of sp³-hybridized carbons (Fsp3) is 0.154. The van der Waals surface area contributed by atoms with Crippen LogP contribution in [0.2, 0.25) is 0 Å². The number of H-pyrrole nitrogens is 1. The molecular formula is C13H11N3O2S2. The van der Waals surface area contributed by atoms with Crippen LogP contribution in [0, 0.1) is 4.77 Å². The van der Waals surface area contributed by atoms with E-state index in [1.165, 1.54) is 15.9 Å². The lowest BCUT2D eigenvalue weighted by molar-refractivity contribution is 0.397. The Morgan fingerprint density at radius 3 is 3.00 bits per heavy atom. The van der Waals surface area contributed by atoms with Crippen LogP contribution in [0.3, 0.4) is 0 Å². The van der Waals surface area contributed by atoms with Crippen molar-refractivity contribution in [2.75, 3.05) is 7.11 Å². The molecule has 0 aliphatic rings. The quantitative estimate of drug-likeness (QED) is 0.756. The van der Waals surface area contributed by atoms with Gasteiger partial charge in [-0.25, -0.2) is 4.98 Å². The third kappa shape index (κ3) is 2.25. The number of pyridine rings is 1. The van der Waals surface area contributed by atoms with Crippen molar-refractivity contribution >= 4 is 33.8 Å². The van der Waals surface area contributed by atoms with Crippen LogP contribution in [-0.4, -0.2) is 21.6 Å². The average molecular weight is 305 g/mol. The summed E-state index contributed by atoms with van der Waals surface area (Å²) in [5.74, 6) is 0.541. The van der Waals surface area contributed by atoms with Crippen LogP contribution in [-0.2, 0) is 6.54 Å². The van der Waals surface area contributed by atoms with Crippen molar-refractivity contribution in [2.45, 2.75) is 6.54 Å². The lowest BCUT2D eigenvalue weighted by Gasteiger charge is -2.07. The Hall–Kier alpha value is -1.99. The topological polar surface area (TPSA) is 59.9 Å². The Labute approximate surface area is 123 Å². The van der Waals surface area contributed by atoms with Gasteiger partial charge in [-0.3, -0.25) is 9.36 Å². The first-order chi connectivity index (χ1) is 9.69. The van der Waals surface area contributed by atoms with Crippen molar-refractivity contribution in [3.05, 3.63) is 50.5 Å². The summed E-state index contributed by atoms with van der Waals surface area (Å²) in [6.07, 6.45) is 1.68. The first-order valence-electron chi connectivity index (χ1n) is 5.88. The molecule has 0 aliphatic carbocycles. The highest BCUT2D eigenvalue weighted by Crippen LogP contribution is 2.15. The molecule has 0 unspecified atom stereocenters. The molecule has 0 aromatic carbocycles. The number of rotatable bonds is 3.